The van der Waals surface area contributed by atoms with Crippen molar-refractivity contribution in [3.05, 3.63) is 134 Å². The molecule has 0 aliphatic heterocycles. The van der Waals surface area contributed by atoms with Crippen LogP contribution in [0.4, 0.5) is 0 Å². The monoisotopic (exact) mass is 510 g/mol. The van der Waals surface area contributed by atoms with Crippen LogP contribution in [0, 0.1) is 0 Å². The summed E-state index contributed by atoms with van der Waals surface area (Å²) < 4.78 is 12.2. The van der Waals surface area contributed by atoms with Crippen molar-refractivity contribution in [3.63, 3.8) is 0 Å². The van der Waals surface area contributed by atoms with Crippen molar-refractivity contribution in [2.75, 3.05) is 0 Å². The van der Waals surface area contributed by atoms with E-state index in [4.69, 9.17) is 8.83 Å². The molecule has 0 bridgehead atoms. The van der Waals surface area contributed by atoms with Crippen LogP contribution in [0.1, 0.15) is 0 Å². The average Bonchev–Trinajstić information content (AvgIpc) is 3.62. The van der Waals surface area contributed by atoms with Gasteiger partial charge in [0, 0.05) is 16.2 Å². The molecule has 2 aromatic heterocycles. The third kappa shape index (κ3) is 2.99. The Hall–Kier alpha value is -5.34. The van der Waals surface area contributed by atoms with E-state index >= 15 is 0 Å². The zero-order valence-electron chi connectivity index (χ0n) is 21.5. The van der Waals surface area contributed by atoms with E-state index < -0.39 is 0 Å². The maximum absolute atomic E-state index is 6.41. The fourth-order valence-corrected chi connectivity index (χ4v) is 6.56. The lowest BCUT2D eigenvalue weighted by Gasteiger charge is -2.18. The van der Waals surface area contributed by atoms with Crippen LogP contribution >= 0.6 is 0 Å². The van der Waals surface area contributed by atoms with Crippen molar-refractivity contribution in [2.45, 2.75) is 0 Å². The first kappa shape index (κ1) is 21.6. The Morgan fingerprint density at radius 1 is 0.400 bits per heavy atom. The van der Waals surface area contributed by atoms with Crippen LogP contribution in [-0.4, -0.2) is 0 Å². The van der Waals surface area contributed by atoms with E-state index in [9.17, 15) is 0 Å². The zero-order chi connectivity index (χ0) is 26.2. The number of benzene rings is 7. The third-order valence-corrected chi connectivity index (χ3v) is 8.31. The number of fused-ring (bicyclic) bond motifs is 7. The molecule has 0 radical (unpaired) electrons. The first-order valence-electron chi connectivity index (χ1n) is 13.6. The highest BCUT2D eigenvalue weighted by Crippen LogP contribution is 2.47. The Bertz CT molecular complexity index is 2380. The molecule has 0 saturated carbocycles. The molecule has 9 rings (SSSR count). The largest absolute Gasteiger partial charge is 0.464 e. The lowest BCUT2D eigenvalue weighted by Crippen LogP contribution is -1.91. The summed E-state index contributed by atoms with van der Waals surface area (Å²) in [4.78, 5) is 0. The summed E-state index contributed by atoms with van der Waals surface area (Å²) in [6, 6.07) is 45.6. The number of rotatable bonds is 2. The van der Waals surface area contributed by atoms with Gasteiger partial charge in [-0.15, -0.1) is 0 Å². The van der Waals surface area contributed by atoms with E-state index in [0.717, 1.165) is 32.9 Å². The Morgan fingerprint density at radius 2 is 1.10 bits per heavy atom. The Labute approximate surface area is 229 Å². The quantitative estimate of drug-likeness (QED) is 0.216. The minimum absolute atomic E-state index is 0.867. The molecular weight excluding hydrogens is 488 g/mol. The Kier molecular flexibility index (Phi) is 4.36. The van der Waals surface area contributed by atoms with Crippen molar-refractivity contribution >= 4 is 65.2 Å². The molecule has 7 aromatic carbocycles. The second kappa shape index (κ2) is 8.08. The summed E-state index contributed by atoms with van der Waals surface area (Å²) in [5.74, 6) is 0. The normalized spacial score (nSPS) is 12.0. The first-order chi connectivity index (χ1) is 19.8. The van der Waals surface area contributed by atoms with Gasteiger partial charge in [0.15, 0.2) is 0 Å². The number of furan rings is 2. The molecule has 2 heterocycles. The molecule has 0 atom stereocenters. The smallest absolute Gasteiger partial charge is 0.136 e. The van der Waals surface area contributed by atoms with Gasteiger partial charge in [0.05, 0.1) is 6.26 Å². The van der Waals surface area contributed by atoms with Gasteiger partial charge in [0.1, 0.15) is 16.7 Å². The summed E-state index contributed by atoms with van der Waals surface area (Å²) in [7, 11) is 0. The predicted octanol–water partition coefficient (Wildman–Crippen LogP) is 11.1. The molecule has 9 aromatic rings. The second-order valence-corrected chi connectivity index (χ2v) is 10.5. The van der Waals surface area contributed by atoms with Gasteiger partial charge in [-0.1, -0.05) is 97.1 Å². The van der Waals surface area contributed by atoms with Crippen molar-refractivity contribution in [1.29, 1.82) is 0 Å². The van der Waals surface area contributed by atoms with Crippen molar-refractivity contribution in [1.82, 2.24) is 0 Å². The van der Waals surface area contributed by atoms with E-state index in [1.807, 2.05) is 6.07 Å². The topological polar surface area (TPSA) is 26.3 Å². The van der Waals surface area contributed by atoms with Crippen molar-refractivity contribution in [3.8, 4) is 22.3 Å². The molecule has 0 aliphatic rings. The molecular formula is C38H22O2. The lowest BCUT2D eigenvalue weighted by molar-refractivity contribution is 0.616. The van der Waals surface area contributed by atoms with Crippen LogP contribution < -0.4 is 0 Å². The van der Waals surface area contributed by atoms with Gasteiger partial charge in [0.2, 0.25) is 0 Å². The van der Waals surface area contributed by atoms with Gasteiger partial charge in [-0.3, -0.25) is 0 Å². The molecule has 0 spiro atoms. The third-order valence-electron chi connectivity index (χ3n) is 8.31. The molecule has 0 aliphatic carbocycles. The molecule has 2 nitrogen and oxygen atoms in total. The highest BCUT2D eigenvalue weighted by atomic mass is 16.3. The summed E-state index contributed by atoms with van der Waals surface area (Å²) >= 11 is 0. The molecule has 2 heteroatoms. The summed E-state index contributed by atoms with van der Waals surface area (Å²) in [5.41, 5.74) is 7.51. The maximum Gasteiger partial charge on any atom is 0.136 e. The number of hydrogen-bond donors (Lipinski definition) is 0. The molecule has 0 amide bonds. The fourth-order valence-electron chi connectivity index (χ4n) is 6.56. The Morgan fingerprint density at radius 3 is 1.88 bits per heavy atom. The second-order valence-electron chi connectivity index (χ2n) is 10.5. The van der Waals surface area contributed by atoms with E-state index in [-0.39, 0.29) is 0 Å². The zero-order valence-corrected chi connectivity index (χ0v) is 21.5. The number of hydrogen-bond acceptors (Lipinski definition) is 2. The van der Waals surface area contributed by atoms with Crippen LogP contribution in [0.25, 0.3) is 87.5 Å². The van der Waals surface area contributed by atoms with Crippen LogP contribution in [0.3, 0.4) is 0 Å². The fraction of sp³-hybridized carbons (Fsp3) is 0. The molecule has 186 valence electrons. The lowest BCUT2D eigenvalue weighted by atomic mass is 9.84. The average molecular weight is 511 g/mol. The molecule has 0 N–H and O–H groups in total. The van der Waals surface area contributed by atoms with Gasteiger partial charge in [-0.25, -0.2) is 0 Å². The summed E-state index contributed by atoms with van der Waals surface area (Å²) in [6.45, 7) is 0. The molecule has 40 heavy (non-hydrogen) atoms. The predicted molar refractivity (Wildman–Crippen MR) is 167 cm³/mol. The SMILES string of the molecule is c1ccc2cc(-c3c4ccccc4c(-c4cccc5oc6cc7ccoc7cc6c45)c4ccccc34)ccc2c1. The van der Waals surface area contributed by atoms with Gasteiger partial charge >= 0.3 is 0 Å². The maximum atomic E-state index is 6.41. The van der Waals surface area contributed by atoms with Gasteiger partial charge in [-0.2, -0.15) is 0 Å². The standard InChI is InChI=1S/C38H22O2/c1-2-9-24-20-26(17-16-23(24)8-1)36-27-10-3-5-12-29(27)37(30-13-6-4-11-28(30)36)31-14-7-15-33-38(31)32-22-34-25(18-19-39-34)21-35(32)40-33/h1-22H. The van der Waals surface area contributed by atoms with Gasteiger partial charge < -0.3 is 8.83 Å². The van der Waals surface area contributed by atoms with E-state index in [1.165, 1.54) is 54.6 Å². The van der Waals surface area contributed by atoms with Gasteiger partial charge in [0.25, 0.3) is 0 Å². The Balaban J connectivity index is 1.44. The van der Waals surface area contributed by atoms with E-state index in [0.29, 0.717) is 0 Å². The van der Waals surface area contributed by atoms with Crippen molar-refractivity contribution < 1.29 is 8.83 Å². The highest BCUT2D eigenvalue weighted by molar-refractivity contribution is 6.26. The molecule has 0 unspecified atom stereocenters. The first-order valence-corrected chi connectivity index (χ1v) is 13.6. The molecule has 0 fully saturated rings. The highest BCUT2D eigenvalue weighted by Gasteiger charge is 2.20. The van der Waals surface area contributed by atoms with Crippen LogP contribution in [0.2, 0.25) is 0 Å². The van der Waals surface area contributed by atoms with E-state index in [2.05, 4.69) is 121 Å². The summed E-state index contributed by atoms with van der Waals surface area (Å²) in [6.07, 6.45) is 1.74. The summed E-state index contributed by atoms with van der Waals surface area (Å²) in [5, 5.41) is 10.7. The van der Waals surface area contributed by atoms with Crippen LogP contribution in [-0.2, 0) is 0 Å². The van der Waals surface area contributed by atoms with Crippen LogP contribution in [0.15, 0.2) is 142 Å². The minimum atomic E-state index is 0.867. The molecule has 0 saturated heterocycles. The van der Waals surface area contributed by atoms with E-state index in [1.54, 1.807) is 6.26 Å². The van der Waals surface area contributed by atoms with Gasteiger partial charge in [-0.05, 0) is 84.9 Å². The van der Waals surface area contributed by atoms with Crippen LogP contribution in [0.5, 0.6) is 0 Å². The van der Waals surface area contributed by atoms with Crippen molar-refractivity contribution in [2.24, 2.45) is 0 Å². The minimum Gasteiger partial charge on any atom is -0.464 e.